The van der Waals surface area contributed by atoms with E-state index < -0.39 is 0 Å². The first kappa shape index (κ1) is 20.4. The summed E-state index contributed by atoms with van der Waals surface area (Å²) in [6.07, 6.45) is 3.07. The van der Waals surface area contributed by atoms with Gasteiger partial charge in [0.1, 0.15) is 5.82 Å². The van der Waals surface area contributed by atoms with Crippen molar-refractivity contribution in [1.29, 1.82) is 0 Å². The van der Waals surface area contributed by atoms with E-state index in [1.54, 1.807) is 0 Å². The van der Waals surface area contributed by atoms with Crippen molar-refractivity contribution in [3.8, 4) is 0 Å². The maximum Gasteiger partial charge on any atom is 0.274 e. The van der Waals surface area contributed by atoms with Gasteiger partial charge in [-0.2, -0.15) is 5.10 Å². The summed E-state index contributed by atoms with van der Waals surface area (Å²) < 4.78 is 1.48. The average Bonchev–Trinajstić information content (AvgIpc) is 3.25. The van der Waals surface area contributed by atoms with Crippen LogP contribution in [0.4, 0.5) is 0 Å². The number of benzene rings is 2. The van der Waals surface area contributed by atoms with Gasteiger partial charge < -0.3 is 9.88 Å². The van der Waals surface area contributed by atoms with Crippen molar-refractivity contribution >= 4 is 27.7 Å². The summed E-state index contributed by atoms with van der Waals surface area (Å²) in [5, 5.41) is 5.95. The number of nitrogens with one attached hydrogen (secondary N) is 1. The van der Waals surface area contributed by atoms with Crippen molar-refractivity contribution in [3.05, 3.63) is 70.4 Å². The summed E-state index contributed by atoms with van der Waals surface area (Å²) in [6.45, 7) is 4.55. The van der Waals surface area contributed by atoms with Crippen LogP contribution in [0.15, 0.2) is 53.3 Å². The summed E-state index contributed by atoms with van der Waals surface area (Å²) in [4.78, 5) is 36.5. The Bertz CT molecular complexity index is 1320. The van der Waals surface area contributed by atoms with Crippen LogP contribution < -0.4 is 5.56 Å². The molecule has 1 aliphatic heterocycles. The molecular formula is C25H27N5O2. The largest absolute Gasteiger partial charge is 0.340 e. The molecule has 0 unspecified atom stereocenters. The maximum atomic E-state index is 13.5. The zero-order valence-corrected chi connectivity index (χ0v) is 18.4. The predicted octanol–water partition coefficient (Wildman–Crippen LogP) is 4.15. The van der Waals surface area contributed by atoms with Gasteiger partial charge in [0.15, 0.2) is 0 Å². The fourth-order valence-corrected chi connectivity index (χ4v) is 4.64. The Kier molecular flexibility index (Phi) is 5.25. The van der Waals surface area contributed by atoms with Crippen LogP contribution >= 0.6 is 0 Å². The maximum absolute atomic E-state index is 13.5. The second-order valence-electron chi connectivity index (χ2n) is 8.75. The molecule has 0 radical (unpaired) electrons. The first-order valence-corrected chi connectivity index (χ1v) is 11.3. The molecule has 7 heteroatoms. The number of amides is 1. The van der Waals surface area contributed by atoms with E-state index in [0.29, 0.717) is 17.6 Å². The number of piperidine rings is 1. The number of para-hydroxylation sites is 2. The summed E-state index contributed by atoms with van der Waals surface area (Å²) >= 11 is 0. The van der Waals surface area contributed by atoms with Crippen LogP contribution in [0, 0.1) is 0 Å². The van der Waals surface area contributed by atoms with E-state index in [4.69, 9.17) is 4.98 Å². The van der Waals surface area contributed by atoms with E-state index in [1.165, 1.54) is 4.68 Å². The molecule has 1 aliphatic rings. The second kappa shape index (κ2) is 8.22. The topological polar surface area (TPSA) is 83.9 Å². The van der Waals surface area contributed by atoms with Crippen molar-refractivity contribution in [2.24, 2.45) is 0 Å². The Hall–Kier alpha value is -3.48. The lowest BCUT2D eigenvalue weighted by atomic mass is 10.00. The van der Waals surface area contributed by atoms with Crippen molar-refractivity contribution in [1.82, 2.24) is 24.6 Å². The van der Waals surface area contributed by atoms with E-state index in [1.807, 2.05) is 67.3 Å². The number of rotatable bonds is 4. The van der Waals surface area contributed by atoms with Gasteiger partial charge in [0.2, 0.25) is 5.91 Å². The fraction of sp³-hybridized carbons (Fsp3) is 0.360. The van der Waals surface area contributed by atoms with Gasteiger partial charge >= 0.3 is 0 Å². The minimum absolute atomic E-state index is 0.0155. The van der Waals surface area contributed by atoms with Crippen LogP contribution in [-0.4, -0.2) is 37.1 Å². The Morgan fingerprint density at radius 1 is 1.09 bits per heavy atom. The van der Waals surface area contributed by atoms with Crippen LogP contribution in [0.5, 0.6) is 0 Å². The zero-order chi connectivity index (χ0) is 22.2. The molecule has 3 heterocycles. The highest BCUT2D eigenvalue weighted by Gasteiger charge is 2.31. The van der Waals surface area contributed by atoms with Crippen LogP contribution in [0.3, 0.4) is 0 Å². The Balaban J connectivity index is 1.50. The highest BCUT2D eigenvalue weighted by atomic mass is 16.2. The Morgan fingerprint density at radius 3 is 2.62 bits per heavy atom. The van der Waals surface area contributed by atoms with Crippen LogP contribution in [0.1, 0.15) is 56.7 Å². The zero-order valence-electron chi connectivity index (χ0n) is 18.4. The van der Waals surface area contributed by atoms with Gasteiger partial charge in [-0.25, -0.2) is 9.67 Å². The fourth-order valence-electron chi connectivity index (χ4n) is 4.64. The SMILES string of the molecule is CC(C)n1nc(CC(=O)N2CCCC[C@H]2c2nc3ccccc3[nH]2)c2ccccc2c1=O. The second-order valence-corrected chi connectivity index (χ2v) is 8.75. The third-order valence-corrected chi connectivity index (χ3v) is 6.26. The van der Waals surface area contributed by atoms with Crippen molar-refractivity contribution in [3.63, 3.8) is 0 Å². The van der Waals surface area contributed by atoms with E-state index in [2.05, 4.69) is 10.1 Å². The molecule has 5 rings (SSSR count). The number of hydrogen-bond donors (Lipinski definition) is 1. The van der Waals surface area contributed by atoms with Crippen LogP contribution in [-0.2, 0) is 11.2 Å². The number of hydrogen-bond acceptors (Lipinski definition) is 4. The molecule has 1 N–H and O–H groups in total. The molecule has 0 spiro atoms. The van der Waals surface area contributed by atoms with Crippen LogP contribution in [0.2, 0.25) is 0 Å². The number of aromatic amines is 1. The lowest BCUT2D eigenvalue weighted by Gasteiger charge is -2.34. The third kappa shape index (κ3) is 3.57. The molecule has 32 heavy (non-hydrogen) atoms. The molecule has 1 fully saturated rings. The van der Waals surface area contributed by atoms with Gasteiger partial charge in [-0.3, -0.25) is 9.59 Å². The van der Waals surface area contributed by atoms with Gasteiger partial charge in [0, 0.05) is 11.9 Å². The number of fused-ring (bicyclic) bond motifs is 2. The van der Waals surface area contributed by atoms with E-state index >= 15 is 0 Å². The molecule has 1 saturated heterocycles. The van der Waals surface area contributed by atoms with Crippen molar-refractivity contribution in [2.75, 3.05) is 6.54 Å². The summed E-state index contributed by atoms with van der Waals surface area (Å²) in [6, 6.07) is 15.2. The highest BCUT2D eigenvalue weighted by Crippen LogP contribution is 2.31. The molecule has 0 aliphatic carbocycles. The molecule has 4 aromatic rings. The van der Waals surface area contributed by atoms with Gasteiger partial charge in [-0.05, 0) is 51.3 Å². The lowest BCUT2D eigenvalue weighted by molar-refractivity contribution is -0.134. The van der Waals surface area contributed by atoms with Gasteiger partial charge in [-0.1, -0.05) is 30.3 Å². The Labute approximate surface area is 186 Å². The Morgan fingerprint density at radius 2 is 1.84 bits per heavy atom. The molecule has 0 bridgehead atoms. The van der Waals surface area contributed by atoms with E-state index in [0.717, 1.165) is 41.5 Å². The predicted molar refractivity (Wildman–Crippen MR) is 124 cm³/mol. The molecular weight excluding hydrogens is 402 g/mol. The first-order valence-electron chi connectivity index (χ1n) is 11.3. The van der Waals surface area contributed by atoms with E-state index in [-0.39, 0.29) is 30.0 Å². The molecule has 7 nitrogen and oxygen atoms in total. The monoisotopic (exact) mass is 429 g/mol. The number of H-pyrrole nitrogens is 1. The number of carbonyl (C=O) groups is 1. The number of aromatic nitrogens is 4. The molecule has 1 atom stereocenters. The lowest BCUT2D eigenvalue weighted by Crippen LogP contribution is -2.40. The summed E-state index contributed by atoms with van der Waals surface area (Å²) in [5.74, 6) is 0.853. The van der Waals surface area contributed by atoms with Gasteiger partial charge in [0.25, 0.3) is 5.56 Å². The van der Waals surface area contributed by atoms with Crippen molar-refractivity contribution < 1.29 is 4.79 Å². The summed E-state index contributed by atoms with van der Waals surface area (Å²) in [7, 11) is 0. The average molecular weight is 430 g/mol. The van der Waals surface area contributed by atoms with Gasteiger partial charge in [0.05, 0.1) is 40.6 Å². The third-order valence-electron chi connectivity index (χ3n) is 6.26. The number of nitrogens with zero attached hydrogens (tertiary/aromatic N) is 4. The molecule has 1 amide bonds. The first-order chi connectivity index (χ1) is 15.5. The molecule has 0 saturated carbocycles. The van der Waals surface area contributed by atoms with Crippen molar-refractivity contribution in [2.45, 2.75) is 51.6 Å². The minimum atomic E-state index is -0.120. The van der Waals surface area contributed by atoms with Gasteiger partial charge in [-0.15, -0.1) is 0 Å². The number of imidazole rings is 1. The normalized spacial score (nSPS) is 16.8. The minimum Gasteiger partial charge on any atom is -0.340 e. The smallest absolute Gasteiger partial charge is 0.274 e. The molecule has 2 aromatic heterocycles. The molecule has 2 aromatic carbocycles. The van der Waals surface area contributed by atoms with E-state index in [9.17, 15) is 9.59 Å². The van der Waals surface area contributed by atoms with Crippen LogP contribution in [0.25, 0.3) is 21.8 Å². The standard InChI is InChI=1S/C25H27N5O2/c1-16(2)30-25(32)18-10-4-3-9-17(18)21(28-30)15-23(31)29-14-8-7-13-22(29)24-26-19-11-5-6-12-20(19)27-24/h3-6,9-12,16,22H,7-8,13-15H2,1-2H3,(H,26,27)/t22-/m0/s1. The molecule has 164 valence electrons. The number of carbonyl (C=O) groups excluding carboxylic acids is 1. The highest BCUT2D eigenvalue weighted by molar-refractivity contribution is 5.88. The summed E-state index contributed by atoms with van der Waals surface area (Å²) in [5.41, 5.74) is 2.42. The number of likely N-dealkylation sites (tertiary alicyclic amines) is 1. The quantitative estimate of drug-likeness (QED) is 0.528.